The van der Waals surface area contributed by atoms with Gasteiger partial charge in [0, 0.05) is 35.9 Å². The van der Waals surface area contributed by atoms with Crippen LogP contribution in [-0.4, -0.2) is 17.6 Å². The van der Waals surface area contributed by atoms with E-state index in [4.69, 9.17) is 9.47 Å². The van der Waals surface area contributed by atoms with Crippen molar-refractivity contribution in [2.45, 2.75) is 13.2 Å². The summed E-state index contributed by atoms with van der Waals surface area (Å²) >= 11 is 0. The van der Waals surface area contributed by atoms with E-state index in [0.717, 1.165) is 5.56 Å². The van der Waals surface area contributed by atoms with Gasteiger partial charge < -0.3 is 14.8 Å². The van der Waals surface area contributed by atoms with Crippen molar-refractivity contribution in [1.82, 2.24) is 5.32 Å². The molecule has 0 aliphatic carbocycles. The Bertz CT molecular complexity index is 865. The molecule has 0 fully saturated rings. The lowest BCUT2D eigenvalue weighted by atomic mass is 10.1. The normalized spacial score (nSPS) is 13.1. The lowest BCUT2D eigenvalue weighted by Crippen LogP contribution is -2.20. The van der Waals surface area contributed by atoms with Crippen molar-refractivity contribution in [1.29, 1.82) is 0 Å². The number of nitro benzene ring substituents is 1. The third-order valence-corrected chi connectivity index (χ3v) is 3.73. The molecule has 0 bridgehead atoms. The van der Waals surface area contributed by atoms with Crippen molar-refractivity contribution in [2.75, 3.05) is 6.79 Å². The van der Waals surface area contributed by atoms with Gasteiger partial charge in [0.25, 0.3) is 5.69 Å². The van der Waals surface area contributed by atoms with Gasteiger partial charge in [-0.3, -0.25) is 14.9 Å². The van der Waals surface area contributed by atoms with Crippen LogP contribution >= 0.6 is 0 Å². The van der Waals surface area contributed by atoms with Gasteiger partial charge in [0.15, 0.2) is 6.79 Å². The van der Waals surface area contributed by atoms with Crippen LogP contribution in [0.4, 0.5) is 10.1 Å². The number of ether oxygens (including phenoxy) is 2. The number of hydrogen-bond acceptors (Lipinski definition) is 5. The average molecular weight is 358 g/mol. The van der Waals surface area contributed by atoms with Crippen molar-refractivity contribution in [2.24, 2.45) is 0 Å². The summed E-state index contributed by atoms with van der Waals surface area (Å²) < 4.78 is 23.4. The number of nitrogens with zero attached hydrogens (tertiary/aromatic N) is 1. The van der Waals surface area contributed by atoms with Crippen molar-refractivity contribution >= 4 is 17.7 Å². The van der Waals surface area contributed by atoms with Crippen molar-refractivity contribution in [3.63, 3.8) is 0 Å². The van der Waals surface area contributed by atoms with E-state index in [-0.39, 0.29) is 37.4 Å². The molecular formula is C18H15FN2O5. The molecule has 0 spiro atoms. The van der Waals surface area contributed by atoms with E-state index >= 15 is 0 Å². The second-order valence-corrected chi connectivity index (χ2v) is 5.57. The summed E-state index contributed by atoms with van der Waals surface area (Å²) in [4.78, 5) is 22.5. The molecule has 0 aromatic heterocycles. The zero-order valence-corrected chi connectivity index (χ0v) is 13.6. The molecule has 134 valence electrons. The first-order valence-corrected chi connectivity index (χ1v) is 7.75. The standard InChI is InChI=1S/C18H15FN2O5/c19-15-4-1-12(2-5-15)9-20-17(22)6-3-13-7-16(21(23)24)8-14-10-25-11-26-18(13)14/h1-8H,9-11H2,(H,20,22). The summed E-state index contributed by atoms with van der Waals surface area (Å²) in [5.74, 6) is -0.273. The predicted molar refractivity (Wildman–Crippen MR) is 90.7 cm³/mol. The second-order valence-electron chi connectivity index (χ2n) is 5.57. The molecule has 0 saturated carbocycles. The van der Waals surface area contributed by atoms with Gasteiger partial charge >= 0.3 is 0 Å². The quantitative estimate of drug-likeness (QED) is 0.504. The number of fused-ring (bicyclic) bond motifs is 1. The fraction of sp³-hybridized carbons (Fsp3) is 0.167. The van der Waals surface area contributed by atoms with E-state index in [9.17, 15) is 19.3 Å². The molecule has 2 aromatic carbocycles. The minimum Gasteiger partial charge on any atom is -0.467 e. The molecule has 1 N–H and O–H groups in total. The van der Waals surface area contributed by atoms with Gasteiger partial charge in [-0.25, -0.2) is 4.39 Å². The molecule has 3 rings (SSSR count). The molecule has 0 saturated heterocycles. The maximum Gasteiger partial charge on any atom is 0.270 e. The zero-order valence-electron chi connectivity index (χ0n) is 13.6. The van der Waals surface area contributed by atoms with Crippen molar-refractivity contribution in [3.8, 4) is 5.75 Å². The van der Waals surface area contributed by atoms with E-state index in [1.807, 2.05) is 0 Å². The van der Waals surface area contributed by atoms with E-state index in [1.54, 1.807) is 12.1 Å². The van der Waals surface area contributed by atoms with Crippen LogP contribution in [0.2, 0.25) is 0 Å². The van der Waals surface area contributed by atoms with Gasteiger partial charge in [-0.15, -0.1) is 0 Å². The molecule has 2 aromatic rings. The molecule has 0 radical (unpaired) electrons. The van der Waals surface area contributed by atoms with Gasteiger partial charge in [0.2, 0.25) is 5.91 Å². The topological polar surface area (TPSA) is 90.7 Å². The summed E-state index contributed by atoms with van der Waals surface area (Å²) in [6.45, 7) is 0.484. The Kier molecular flexibility index (Phi) is 5.23. The van der Waals surface area contributed by atoms with Crippen LogP contribution in [0, 0.1) is 15.9 Å². The van der Waals surface area contributed by atoms with E-state index in [1.165, 1.54) is 36.4 Å². The third-order valence-electron chi connectivity index (χ3n) is 3.73. The van der Waals surface area contributed by atoms with Crippen LogP contribution in [0.3, 0.4) is 0 Å². The first-order chi connectivity index (χ1) is 12.5. The minimum absolute atomic E-state index is 0.0441. The Hall–Kier alpha value is -3.26. The number of carbonyl (C=O) groups excluding carboxylic acids is 1. The van der Waals surface area contributed by atoms with Crippen LogP contribution in [-0.2, 0) is 22.7 Å². The van der Waals surface area contributed by atoms with Gasteiger partial charge in [0.05, 0.1) is 11.5 Å². The Morgan fingerprint density at radius 3 is 2.81 bits per heavy atom. The summed E-state index contributed by atoms with van der Waals surface area (Å²) in [6.07, 6.45) is 2.72. The second kappa shape index (κ2) is 7.75. The molecule has 0 unspecified atom stereocenters. The Balaban J connectivity index is 1.72. The van der Waals surface area contributed by atoms with Crippen LogP contribution < -0.4 is 10.1 Å². The largest absolute Gasteiger partial charge is 0.467 e. The lowest BCUT2D eigenvalue weighted by molar-refractivity contribution is -0.385. The third kappa shape index (κ3) is 4.22. The SMILES string of the molecule is O=C(C=Cc1cc([N+](=O)[O-])cc2c1OCOC2)NCc1ccc(F)cc1. The maximum absolute atomic E-state index is 12.9. The van der Waals surface area contributed by atoms with Crippen LogP contribution in [0.1, 0.15) is 16.7 Å². The fourth-order valence-corrected chi connectivity index (χ4v) is 2.48. The number of nitro groups is 1. The predicted octanol–water partition coefficient (Wildman–Crippen LogP) is 2.93. The number of halogens is 1. The monoisotopic (exact) mass is 358 g/mol. The summed E-state index contributed by atoms with van der Waals surface area (Å²) in [5.41, 5.74) is 1.62. The molecular weight excluding hydrogens is 343 g/mol. The highest BCUT2D eigenvalue weighted by molar-refractivity contribution is 5.92. The van der Waals surface area contributed by atoms with E-state index < -0.39 is 4.92 Å². The molecule has 1 aliphatic rings. The molecule has 1 amide bonds. The number of nitrogens with one attached hydrogen (secondary N) is 1. The van der Waals surface area contributed by atoms with Gasteiger partial charge in [-0.2, -0.15) is 0 Å². The highest BCUT2D eigenvalue weighted by Crippen LogP contribution is 2.33. The van der Waals surface area contributed by atoms with Crippen LogP contribution in [0.15, 0.2) is 42.5 Å². The van der Waals surface area contributed by atoms with Gasteiger partial charge in [-0.05, 0) is 23.8 Å². The zero-order chi connectivity index (χ0) is 18.5. The number of amides is 1. The maximum atomic E-state index is 12.9. The Labute approximate surface area is 148 Å². The molecule has 0 atom stereocenters. The van der Waals surface area contributed by atoms with Gasteiger partial charge in [-0.1, -0.05) is 12.1 Å². The highest BCUT2D eigenvalue weighted by atomic mass is 19.1. The first kappa shape index (κ1) is 17.6. The number of rotatable bonds is 5. The Morgan fingerprint density at radius 2 is 2.08 bits per heavy atom. The first-order valence-electron chi connectivity index (χ1n) is 7.75. The minimum atomic E-state index is -0.513. The number of carbonyl (C=O) groups is 1. The molecule has 26 heavy (non-hydrogen) atoms. The molecule has 8 heteroatoms. The average Bonchev–Trinajstić information content (AvgIpc) is 2.65. The lowest BCUT2D eigenvalue weighted by Gasteiger charge is -2.19. The number of benzene rings is 2. The van der Waals surface area contributed by atoms with Crippen molar-refractivity contribution in [3.05, 3.63) is 75.1 Å². The van der Waals surface area contributed by atoms with Crippen LogP contribution in [0.5, 0.6) is 5.75 Å². The molecule has 7 nitrogen and oxygen atoms in total. The Morgan fingerprint density at radius 1 is 1.31 bits per heavy atom. The number of hydrogen-bond donors (Lipinski definition) is 1. The van der Waals surface area contributed by atoms with E-state index in [2.05, 4.69) is 5.32 Å². The highest BCUT2D eigenvalue weighted by Gasteiger charge is 2.19. The number of non-ortho nitro benzene ring substituents is 1. The summed E-state index contributed by atoms with van der Waals surface area (Å²) in [6, 6.07) is 8.50. The summed E-state index contributed by atoms with van der Waals surface area (Å²) in [5, 5.41) is 13.7. The molecule has 1 aliphatic heterocycles. The van der Waals surface area contributed by atoms with E-state index in [0.29, 0.717) is 16.9 Å². The summed E-state index contributed by atoms with van der Waals surface area (Å²) in [7, 11) is 0. The molecule has 1 heterocycles. The van der Waals surface area contributed by atoms with Crippen molar-refractivity contribution < 1.29 is 23.6 Å². The van der Waals surface area contributed by atoms with Crippen LogP contribution in [0.25, 0.3) is 6.08 Å². The smallest absolute Gasteiger partial charge is 0.270 e. The van der Waals surface area contributed by atoms with Gasteiger partial charge in [0.1, 0.15) is 11.6 Å². The fourth-order valence-electron chi connectivity index (χ4n) is 2.48.